The fourth-order valence-electron chi connectivity index (χ4n) is 2.84. The van der Waals surface area contributed by atoms with Crippen LogP contribution in [-0.2, 0) is 0 Å². The minimum atomic E-state index is -0.1000. The normalized spacial score (nSPS) is 19.0. The number of H-pyrrole nitrogens is 1. The molecule has 2 aromatic heterocycles. The summed E-state index contributed by atoms with van der Waals surface area (Å²) in [5.74, 6) is -0.1000. The molecule has 0 saturated carbocycles. The molecule has 0 aliphatic carbocycles. The lowest BCUT2D eigenvalue weighted by Crippen LogP contribution is -2.40. The molecule has 5 nitrogen and oxygen atoms in total. The van der Waals surface area contributed by atoms with Crippen LogP contribution in [0.2, 0.25) is 0 Å². The zero-order chi connectivity index (χ0) is 14.7. The summed E-state index contributed by atoms with van der Waals surface area (Å²) >= 11 is 1.63. The molecule has 1 aliphatic heterocycles. The predicted octanol–water partition coefficient (Wildman–Crippen LogP) is 2.35. The molecule has 3 heterocycles. The van der Waals surface area contributed by atoms with Crippen LogP contribution in [-0.4, -0.2) is 46.7 Å². The van der Waals surface area contributed by atoms with Gasteiger partial charge in [0.1, 0.15) is 0 Å². The van der Waals surface area contributed by atoms with E-state index in [4.69, 9.17) is 0 Å². The third kappa shape index (κ3) is 3.16. The molecule has 0 radical (unpaired) electrons. The van der Waals surface area contributed by atoms with E-state index in [0.29, 0.717) is 18.3 Å². The lowest BCUT2D eigenvalue weighted by molar-refractivity contribution is 0.0936. The molecule has 3 rings (SSSR count). The third-order valence-corrected chi connectivity index (χ3v) is 4.90. The van der Waals surface area contributed by atoms with Gasteiger partial charge < -0.3 is 5.32 Å². The molecule has 1 saturated heterocycles. The second kappa shape index (κ2) is 6.41. The molecule has 1 atom stereocenters. The second-order valence-corrected chi connectivity index (χ2v) is 6.23. The van der Waals surface area contributed by atoms with Gasteiger partial charge in [-0.1, -0.05) is 13.0 Å². The molecular weight excluding hydrogens is 284 g/mol. The summed E-state index contributed by atoms with van der Waals surface area (Å²) in [7, 11) is 0. The van der Waals surface area contributed by atoms with E-state index in [1.807, 2.05) is 23.6 Å². The van der Waals surface area contributed by atoms with E-state index in [1.54, 1.807) is 11.3 Å². The minimum absolute atomic E-state index is 0.1000. The largest absolute Gasteiger partial charge is 0.349 e. The van der Waals surface area contributed by atoms with E-state index >= 15 is 0 Å². The smallest absolute Gasteiger partial charge is 0.271 e. The Morgan fingerprint density at radius 2 is 2.52 bits per heavy atom. The Morgan fingerprint density at radius 1 is 1.62 bits per heavy atom. The number of aromatic nitrogens is 2. The van der Waals surface area contributed by atoms with Gasteiger partial charge in [-0.25, -0.2) is 0 Å². The van der Waals surface area contributed by atoms with Crippen molar-refractivity contribution >= 4 is 17.2 Å². The van der Waals surface area contributed by atoms with E-state index in [0.717, 1.165) is 30.1 Å². The lowest BCUT2D eigenvalue weighted by atomic mass is 10.2. The fraction of sp³-hybridized carbons (Fsp3) is 0.467. The molecule has 0 aromatic carbocycles. The van der Waals surface area contributed by atoms with Gasteiger partial charge in [-0.3, -0.25) is 14.8 Å². The van der Waals surface area contributed by atoms with Crippen molar-refractivity contribution in [2.45, 2.75) is 25.8 Å². The van der Waals surface area contributed by atoms with E-state index < -0.39 is 0 Å². The first-order valence-corrected chi connectivity index (χ1v) is 8.27. The highest BCUT2D eigenvalue weighted by molar-refractivity contribution is 7.13. The first-order valence-electron chi connectivity index (χ1n) is 7.39. The zero-order valence-corrected chi connectivity index (χ0v) is 12.9. The Morgan fingerprint density at radius 3 is 3.29 bits per heavy atom. The fourth-order valence-corrected chi connectivity index (χ4v) is 3.53. The van der Waals surface area contributed by atoms with Crippen LogP contribution in [0.25, 0.3) is 10.6 Å². The number of carbonyl (C=O) groups is 1. The van der Waals surface area contributed by atoms with Gasteiger partial charge in [-0.2, -0.15) is 5.10 Å². The number of hydrogen-bond acceptors (Lipinski definition) is 4. The summed E-state index contributed by atoms with van der Waals surface area (Å²) in [6, 6.07) is 6.28. The first kappa shape index (κ1) is 14.3. The summed E-state index contributed by atoms with van der Waals surface area (Å²) in [6.45, 7) is 5.06. The van der Waals surface area contributed by atoms with Crippen molar-refractivity contribution < 1.29 is 4.79 Å². The maximum Gasteiger partial charge on any atom is 0.271 e. The molecule has 1 amide bonds. The lowest BCUT2D eigenvalue weighted by Gasteiger charge is -2.22. The highest BCUT2D eigenvalue weighted by atomic mass is 32.1. The quantitative estimate of drug-likeness (QED) is 0.891. The van der Waals surface area contributed by atoms with Crippen molar-refractivity contribution in [3.8, 4) is 10.6 Å². The van der Waals surface area contributed by atoms with Gasteiger partial charge in [-0.05, 0) is 43.4 Å². The topological polar surface area (TPSA) is 61.0 Å². The number of carbonyl (C=O) groups excluding carboxylic acids is 1. The summed E-state index contributed by atoms with van der Waals surface area (Å²) in [5.41, 5.74) is 1.35. The summed E-state index contributed by atoms with van der Waals surface area (Å²) in [5, 5.41) is 12.1. The SMILES string of the molecule is CCN1CCC[C@H]1CNC(=O)c1cc(-c2cccs2)[nH]n1. The van der Waals surface area contributed by atoms with Crippen LogP contribution in [0.4, 0.5) is 0 Å². The highest BCUT2D eigenvalue weighted by Gasteiger charge is 2.23. The van der Waals surface area contributed by atoms with Gasteiger partial charge in [0.25, 0.3) is 5.91 Å². The van der Waals surface area contributed by atoms with E-state index in [2.05, 4.69) is 27.3 Å². The number of rotatable bonds is 5. The van der Waals surface area contributed by atoms with Crippen molar-refractivity contribution in [2.24, 2.45) is 0 Å². The third-order valence-electron chi connectivity index (χ3n) is 4.00. The number of likely N-dealkylation sites (N-methyl/N-ethyl adjacent to an activating group) is 1. The number of likely N-dealkylation sites (tertiary alicyclic amines) is 1. The molecule has 21 heavy (non-hydrogen) atoms. The molecule has 0 bridgehead atoms. The second-order valence-electron chi connectivity index (χ2n) is 5.28. The molecule has 1 aliphatic rings. The molecule has 0 spiro atoms. The van der Waals surface area contributed by atoms with Crippen LogP contribution < -0.4 is 5.32 Å². The van der Waals surface area contributed by atoms with Crippen LogP contribution in [0.1, 0.15) is 30.3 Å². The van der Waals surface area contributed by atoms with Gasteiger partial charge in [0.05, 0.1) is 10.6 Å². The van der Waals surface area contributed by atoms with Gasteiger partial charge in [0, 0.05) is 12.6 Å². The predicted molar refractivity (Wildman–Crippen MR) is 84.5 cm³/mol. The summed E-state index contributed by atoms with van der Waals surface area (Å²) in [4.78, 5) is 15.7. The van der Waals surface area contributed by atoms with Gasteiger partial charge >= 0.3 is 0 Å². The Kier molecular flexibility index (Phi) is 4.36. The highest BCUT2D eigenvalue weighted by Crippen LogP contribution is 2.23. The van der Waals surface area contributed by atoms with Crippen molar-refractivity contribution in [1.29, 1.82) is 0 Å². The monoisotopic (exact) mass is 304 g/mol. The van der Waals surface area contributed by atoms with Crippen LogP contribution in [0.5, 0.6) is 0 Å². The molecular formula is C15H20N4OS. The van der Waals surface area contributed by atoms with Crippen molar-refractivity contribution in [3.63, 3.8) is 0 Å². The average molecular weight is 304 g/mol. The van der Waals surface area contributed by atoms with Gasteiger partial charge in [-0.15, -0.1) is 11.3 Å². The maximum absolute atomic E-state index is 12.2. The van der Waals surface area contributed by atoms with Gasteiger partial charge in [0.2, 0.25) is 0 Å². The zero-order valence-electron chi connectivity index (χ0n) is 12.1. The van der Waals surface area contributed by atoms with Crippen LogP contribution >= 0.6 is 11.3 Å². The Balaban J connectivity index is 1.58. The molecule has 112 valence electrons. The van der Waals surface area contributed by atoms with Crippen LogP contribution in [0.3, 0.4) is 0 Å². The first-order chi connectivity index (χ1) is 10.3. The molecule has 2 aromatic rings. The number of thiophene rings is 1. The standard InChI is InChI=1S/C15H20N4OS/c1-2-19-7-3-5-11(19)10-16-15(20)13-9-12(17-18-13)14-6-4-8-21-14/h4,6,8-9,11H,2-3,5,7,10H2,1H3,(H,16,20)(H,17,18)/t11-/m0/s1. The summed E-state index contributed by atoms with van der Waals surface area (Å²) in [6.07, 6.45) is 2.38. The minimum Gasteiger partial charge on any atom is -0.349 e. The number of nitrogens with one attached hydrogen (secondary N) is 2. The van der Waals surface area contributed by atoms with Crippen LogP contribution in [0, 0.1) is 0 Å². The Hall–Kier alpha value is -1.66. The number of amides is 1. The van der Waals surface area contributed by atoms with Crippen molar-refractivity contribution in [2.75, 3.05) is 19.6 Å². The molecule has 2 N–H and O–H groups in total. The van der Waals surface area contributed by atoms with Crippen molar-refractivity contribution in [3.05, 3.63) is 29.3 Å². The van der Waals surface area contributed by atoms with Crippen LogP contribution in [0.15, 0.2) is 23.6 Å². The average Bonchev–Trinajstić information content (AvgIpc) is 3.24. The Labute approximate surface area is 128 Å². The van der Waals surface area contributed by atoms with Gasteiger partial charge in [0.15, 0.2) is 5.69 Å². The number of nitrogens with zero attached hydrogens (tertiary/aromatic N) is 2. The number of hydrogen-bond donors (Lipinski definition) is 2. The Bertz CT molecular complexity index is 593. The summed E-state index contributed by atoms with van der Waals surface area (Å²) < 4.78 is 0. The molecule has 0 unspecified atom stereocenters. The van der Waals surface area contributed by atoms with E-state index in [1.165, 1.54) is 6.42 Å². The molecule has 1 fully saturated rings. The number of aromatic amines is 1. The van der Waals surface area contributed by atoms with E-state index in [-0.39, 0.29) is 5.91 Å². The molecule has 6 heteroatoms. The van der Waals surface area contributed by atoms with Crippen molar-refractivity contribution in [1.82, 2.24) is 20.4 Å². The maximum atomic E-state index is 12.2. The van der Waals surface area contributed by atoms with E-state index in [9.17, 15) is 4.79 Å².